The van der Waals surface area contributed by atoms with Gasteiger partial charge < -0.3 is 0 Å². The molecule has 0 aromatic carbocycles. The normalized spacial score (nSPS) is 57.6. The van der Waals surface area contributed by atoms with E-state index in [1.54, 1.807) is 32.1 Å². The van der Waals surface area contributed by atoms with E-state index < -0.39 is 0 Å². The molecule has 3 rings (SSSR count). The van der Waals surface area contributed by atoms with Crippen LogP contribution in [0.4, 0.5) is 0 Å². The minimum Gasteiger partial charge on any atom is -0.0944 e. The molecule has 2 bridgehead atoms. The van der Waals surface area contributed by atoms with Crippen LogP contribution in [0.5, 0.6) is 0 Å². The Labute approximate surface area is 89.6 Å². The second-order valence-electron chi connectivity index (χ2n) is 6.55. The largest absolute Gasteiger partial charge is 0.0944 e. The summed E-state index contributed by atoms with van der Waals surface area (Å²) in [5.74, 6) is 0. The topological polar surface area (TPSA) is 0 Å². The SMILES string of the molecule is C[C@@H]1C[C@@H](C)P1C12CCC(C)(CC1)C2. The standard InChI is InChI=1S/C13H23P/c1-10-8-11(2)14(10)13-6-4-12(3,9-13)5-7-13/h10-11H,4-9H2,1-3H3/t10-,11-,12?,13?/m1/s1. The van der Waals surface area contributed by atoms with Crippen LogP contribution in [0.25, 0.3) is 0 Å². The Hall–Kier alpha value is 0.430. The highest BCUT2D eigenvalue weighted by atomic mass is 31.1. The number of fused-ring (bicyclic) bond motifs is 2. The van der Waals surface area contributed by atoms with Crippen molar-refractivity contribution in [3.8, 4) is 0 Å². The van der Waals surface area contributed by atoms with Gasteiger partial charge in [-0.05, 0) is 60.4 Å². The van der Waals surface area contributed by atoms with E-state index in [0.717, 1.165) is 21.9 Å². The molecule has 0 nitrogen and oxygen atoms in total. The Kier molecular flexibility index (Phi) is 1.90. The molecule has 1 saturated heterocycles. The third kappa shape index (κ3) is 1.10. The van der Waals surface area contributed by atoms with Gasteiger partial charge in [0.05, 0.1) is 0 Å². The summed E-state index contributed by atoms with van der Waals surface area (Å²) >= 11 is 0. The minimum absolute atomic E-state index is 0.404. The zero-order chi connectivity index (χ0) is 9.97. The van der Waals surface area contributed by atoms with Gasteiger partial charge in [-0.15, -0.1) is 0 Å². The maximum Gasteiger partial charge on any atom is -0.00840 e. The summed E-state index contributed by atoms with van der Waals surface area (Å²) in [6.07, 6.45) is 9.40. The lowest BCUT2D eigenvalue weighted by Gasteiger charge is -2.52. The predicted octanol–water partition coefficient (Wildman–Crippen LogP) is 4.37. The van der Waals surface area contributed by atoms with Crippen LogP contribution >= 0.6 is 7.92 Å². The average molecular weight is 210 g/mol. The van der Waals surface area contributed by atoms with E-state index in [-0.39, 0.29) is 0 Å². The molecule has 0 aromatic rings. The van der Waals surface area contributed by atoms with Crippen LogP contribution in [0.1, 0.15) is 59.3 Å². The number of hydrogen-bond acceptors (Lipinski definition) is 0. The molecule has 0 N–H and O–H groups in total. The second kappa shape index (κ2) is 2.76. The summed E-state index contributed by atoms with van der Waals surface area (Å²) in [7, 11) is 0.404. The maximum absolute atomic E-state index is 2.55. The van der Waals surface area contributed by atoms with Gasteiger partial charge in [0.1, 0.15) is 0 Å². The van der Waals surface area contributed by atoms with E-state index in [4.69, 9.17) is 0 Å². The van der Waals surface area contributed by atoms with Crippen LogP contribution in [-0.4, -0.2) is 16.5 Å². The number of hydrogen-bond donors (Lipinski definition) is 0. The van der Waals surface area contributed by atoms with Gasteiger partial charge in [0, 0.05) is 0 Å². The summed E-state index contributed by atoms with van der Waals surface area (Å²) in [4.78, 5) is 0. The second-order valence-corrected chi connectivity index (χ2v) is 10.1. The van der Waals surface area contributed by atoms with Crippen LogP contribution in [0.2, 0.25) is 0 Å². The van der Waals surface area contributed by atoms with E-state index in [2.05, 4.69) is 20.8 Å². The van der Waals surface area contributed by atoms with Crippen molar-refractivity contribution >= 4 is 7.92 Å². The van der Waals surface area contributed by atoms with Gasteiger partial charge in [-0.3, -0.25) is 0 Å². The van der Waals surface area contributed by atoms with Crippen molar-refractivity contribution in [1.82, 2.24) is 0 Å². The molecule has 1 heteroatoms. The first-order valence-electron chi connectivity index (χ1n) is 6.33. The Morgan fingerprint density at radius 1 is 1.00 bits per heavy atom. The fourth-order valence-corrected chi connectivity index (χ4v) is 9.51. The number of rotatable bonds is 1. The average Bonchev–Trinajstić information content (AvgIpc) is 2.57. The lowest BCUT2D eigenvalue weighted by molar-refractivity contribution is 0.333. The molecule has 2 atom stereocenters. The third-order valence-corrected chi connectivity index (χ3v) is 9.35. The zero-order valence-corrected chi connectivity index (χ0v) is 10.7. The smallest absolute Gasteiger partial charge is 0.00840 e. The summed E-state index contributed by atoms with van der Waals surface area (Å²) in [5.41, 5.74) is 2.97. The summed E-state index contributed by atoms with van der Waals surface area (Å²) in [6, 6.07) is 0. The molecule has 0 radical (unpaired) electrons. The molecular weight excluding hydrogens is 187 g/mol. The van der Waals surface area contributed by atoms with E-state index in [1.165, 1.54) is 6.42 Å². The first-order chi connectivity index (χ1) is 6.55. The molecule has 0 aromatic heterocycles. The van der Waals surface area contributed by atoms with Crippen molar-refractivity contribution in [3.05, 3.63) is 0 Å². The Bertz CT molecular complexity index is 242. The van der Waals surface area contributed by atoms with Crippen molar-refractivity contribution in [1.29, 1.82) is 0 Å². The summed E-state index contributed by atoms with van der Waals surface area (Å²) in [5, 5.41) is 0.876. The van der Waals surface area contributed by atoms with Gasteiger partial charge in [0.15, 0.2) is 0 Å². The lowest BCUT2D eigenvalue weighted by Crippen LogP contribution is -2.38. The molecule has 0 amide bonds. The molecule has 2 aliphatic carbocycles. The molecule has 0 unspecified atom stereocenters. The molecule has 3 aliphatic rings. The highest BCUT2D eigenvalue weighted by Gasteiger charge is 2.59. The van der Waals surface area contributed by atoms with Gasteiger partial charge in [0.2, 0.25) is 0 Å². The van der Waals surface area contributed by atoms with Crippen molar-refractivity contribution < 1.29 is 0 Å². The van der Waals surface area contributed by atoms with Crippen LogP contribution in [0.15, 0.2) is 0 Å². The highest BCUT2D eigenvalue weighted by molar-refractivity contribution is 7.62. The van der Waals surface area contributed by atoms with Gasteiger partial charge in [0.25, 0.3) is 0 Å². The van der Waals surface area contributed by atoms with Crippen LogP contribution in [-0.2, 0) is 0 Å². The fourth-order valence-electron chi connectivity index (χ4n) is 4.77. The molecule has 0 spiro atoms. The molecule has 1 aliphatic heterocycles. The van der Waals surface area contributed by atoms with Crippen molar-refractivity contribution in [2.45, 2.75) is 75.8 Å². The molecule has 3 fully saturated rings. The molecular formula is C13H23P. The first kappa shape index (κ1) is 9.64. The first-order valence-corrected chi connectivity index (χ1v) is 7.81. The maximum atomic E-state index is 2.55. The molecule has 1 heterocycles. The van der Waals surface area contributed by atoms with E-state index in [0.29, 0.717) is 7.92 Å². The van der Waals surface area contributed by atoms with Gasteiger partial charge in [-0.2, -0.15) is 0 Å². The van der Waals surface area contributed by atoms with Crippen molar-refractivity contribution in [2.75, 3.05) is 0 Å². The Morgan fingerprint density at radius 2 is 1.57 bits per heavy atom. The van der Waals surface area contributed by atoms with Crippen LogP contribution in [0, 0.1) is 5.41 Å². The Balaban J connectivity index is 1.85. The highest BCUT2D eigenvalue weighted by Crippen LogP contribution is 2.78. The van der Waals surface area contributed by atoms with E-state index >= 15 is 0 Å². The zero-order valence-electron chi connectivity index (χ0n) is 9.84. The molecule has 2 saturated carbocycles. The van der Waals surface area contributed by atoms with Gasteiger partial charge in [-0.25, -0.2) is 0 Å². The van der Waals surface area contributed by atoms with Crippen LogP contribution in [0.3, 0.4) is 0 Å². The van der Waals surface area contributed by atoms with E-state index in [9.17, 15) is 0 Å². The quantitative estimate of drug-likeness (QED) is 0.564. The summed E-state index contributed by atoms with van der Waals surface area (Å²) < 4.78 is 0. The van der Waals surface area contributed by atoms with Crippen molar-refractivity contribution in [2.24, 2.45) is 5.41 Å². The fraction of sp³-hybridized carbons (Fsp3) is 1.00. The monoisotopic (exact) mass is 210 g/mol. The molecule has 14 heavy (non-hydrogen) atoms. The van der Waals surface area contributed by atoms with Gasteiger partial charge >= 0.3 is 0 Å². The van der Waals surface area contributed by atoms with E-state index in [1.807, 2.05) is 0 Å². The van der Waals surface area contributed by atoms with Crippen LogP contribution < -0.4 is 0 Å². The summed E-state index contributed by atoms with van der Waals surface area (Å²) in [6.45, 7) is 7.59. The third-order valence-electron chi connectivity index (χ3n) is 5.32. The van der Waals surface area contributed by atoms with Gasteiger partial charge in [-0.1, -0.05) is 28.7 Å². The van der Waals surface area contributed by atoms with Crippen molar-refractivity contribution in [3.63, 3.8) is 0 Å². The predicted molar refractivity (Wildman–Crippen MR) is 64.4 cm³/mol. The lowest BCUT2D eigenvalue weighted by atomic mass is 9.87. The Morgan fingerprint density at radius 3 is 1.93 bits per heavy atom. The minimum atomic E-state index is 0.404. The molecule has 80 valence electrons.